The lowest BCUT2D eigenvalue weighted by molar-refractivity contribution is 0.360. The number of rotatable bonds is 7. The number of hydrogen-bond donors (Lipinski definition) is 2. The van der Waals surface area contributed by atoms with Crippen LogP contribution in [0.5, 0.6) is 0 Å². The predicted octanol–water partition coefficient (Wildman–Crippen LogP) is 3.59. The van der Waals surface area contributed by atoms with E-state index in [1.165, 1.54) is 24.1 Å². The molecule has 0 aromatic carbocycles. The first-order chi connectivity index (χ1) is 9.94. The maximum atomic E-state index is 4.40. The van der Waals surface area contributed by atoms with Gasteiger partial charge in [0.05, 0.1) is 6.54 Å². The van der Waals surface area contributed by atoms with E-state index in [1.807, 2.05) is 13.2 Å². The third-order valence-corrected chi connectivity index (χ3v) is 4.37. The molecular weight excluding hydrogens is 280 g/mol. The van der Waals surface area contributed by atoms with Crippen LogP contribution in [0.3, 0.4) is 0 Å². The van der Waals surface area contributed by atoms with Gasteiger partial charge in [0.2, 0.25) is 0 Å². The smallest absolute Gasteiger partial charge is 0.191 e. The van der Waals surface area contributed by atoms with Crippen molar-refractivity contribution < 1.29 is 0 Å². The zero-order valence-corrected chi connectivity index (χ0v) is 14.9. The van der Waals surface area contributed by atoms with E-state index in [0.717, 1.165) is 30.5 Å². The van der Waals surface area contributed by atoms with Gasteiger partial charge in [0.25, 0.3) is 0 Å². The summed E-state index contributed by atoms with van der Waals surface area (Å²) in [5.41, 5.74) is 0.432. The lowest BCUT2D eigenvalue weighted by Crippen LogP contribution is -2.37. The molecule has 5 heteroatoms. The molecule has 0 spiro atoms. The van der Waals surface area contributed by atoms with Crippen molar-refractivity contribution in [3.8, 4) is 0 Å². The van der Waals surface area contributed by atoms with Crippen LogP contribution in [0.15, 0.2) is 11.2 Å². The number of aromatic nitrogens is 1. The Hall–Kier alpha value is -1.10. The predicted molar refractivity (Wildman–Crippen MR) is 93.0 cm³/mol. The topological polar surface area (TPSA) is 49.3 Å². The third-order valence-electron chi connectivity index (χ3n) is 3.23. The Morgan fingerprint density at radius 2 is 2.05 bits per heavy atom. The Bertz CT molecular complexity index is 432. The summed E-state index contributed by atoms with van der Waals surface area (Å²) in [6.45, 7) is 10.7. The molecule has 0 aliphatic rings. The fourth-order valence-electron chi connectivity index (χ4n) is 1.96. The van der Waals surface area contributed by atoms with Crippen LogP contribution < -0.4 is 10.6 Å². The summed E-state index contributed by atoms with van der Waals surface area (Å²) >= 11 is 1.76. The first-order valence-corrected chi connectivity index (χ1v) is 8.64. The van der Waals surface area contributed by atoms with Crippen molar-refractivity contribution in [3.05, 3.63) is 16.1 Å². The van der Waals surface area contributed by atoms with Crippen LogP contribution in [-0.4, -0.2) is 24.5 Å². The van der Waals surface area contributed by atoms with E-state index in [0.29, 0.717) is 5.41 Å². The van der Waals surface area contributed by atoms with Gasteiger partial charge in [-0.1, -0.05) is 34.1 Å². The van der Waals surface area contributed by atoms with Crippen molar-refractivity contribution in [3.63, 3.8) is 0 Å². The molecule has 1 aromatic heterocycles. The summed E-state index contributed by atoms with van der Waals surface area (Å²) in [7, 11) is 1.81. The molecule has 0 bridgehead atoms. The minimum absolute atomic E-state index is 0.432. The van der Waals surface area contributed by atoms with Crippen molar-refractivity contribution >= 4 is 17.3 Å². The first-order valence-electron chi connectivity index (χ1n) is 7.82. The van der Waals surface area contributed by atoms with Crippen molar-refractivity contribution in [2.75, 3.05) is 13.6 Å². The van der Waals surface area contributed by atoms with E-state index in [-0.39, 0.29) is 0 Å². The van der Waals surface area contributed by atoms with Gasteiger partial charge in [-0.3, -0.25) is 4.99 Å². The number of thiazole rings is 1. The molecule has 0 fully saturated rings. The highest BCUT2D eigenvalue weighted by Crippen LogP contribution is 2.21. The second-order valence-electron chi connectivity index (χ2n) is 6.44. The van der Waals surface area contributed by atoms with Crippen LogP contribution in [0.1, 0.15) is 56.8 Å². The van der Waals surface area contributed by atoms with Gasteiger partial charge in [0.1, 0.15) is 5.01 Å². The van der Waals surface area contributed by atoms with E-state index in [2.05, 4.69) is 48.3 Å². The summed E-state index contributed by atoms with van der Waals surface area (Å²) in [6, 6.07) is 0. The van der Waals surface area contributed by atoms with Gasteiger partial charge >= 0.3 is 0 Å². The summed E-state index contributed by atoms with van der Waals surface area (Å²) in [5, 5.41) is 7.79. The Balaban J connectivity index is 2.20. The van der Waals surface area contributed by atoms with E-state index in [1.54, 1.807) is 11.3 Å². The lowest BCUT2D eigenvalue weighted by Gasteiger charge is -2.18. The number of nitrogens with zero attached hydrogens (tertiary/aromatic N) is 2. The van der Waals surface area contributed by atoms with E-state index >= 15 is 0 Å². The van der Waals surface area contributed by atoms with Gasteiger partial charge in [-0.25, -0.2) is 4.98 Å². The quantitative estimate of drug-likeness (QED) is 0.460. The van der Waals surface area contributed by atoms with Gasteiger partial charge in [-0.05, 0) is 24.7 Å². The van der Waals surface area contributed by atoms with Gasteiger partial charge in [0, 0.05) is 24.7 Å². The minimum atomic E-state index is 0.432. The summed E-state index contributed by atoms with van der Waals surface area (Å²) in [4.78, 5) is 9.98. The monoisotopic (exact) mass is 310 g/mol. The first kappa shape index (κ1) is 18.0. The van der Waals surface area contributed by atoms with Crippen LogP contribution >= 0.6 is 11.3 Å². The number of nitrogens with one attached hydrogen (secondary N) is 2. The van der Waals surface area contributed by atoms with Crippen molar-refractivity contribution in [1.29, 1.82) is 0 Å². The molecule has 0 aliphatic carbocycles. The molecule has 1 aromatic rings. The molecule has 4 nitrogen and oxygen atoms in total. The lowest BCUT2D eigenvalue weighted by atomic mass is 9.90. The second kappa shape index (κ2) is 9.03. The molecule has 1 rings (SSSR count). The molecule has 0 saturated heterocycles. The number of aliphatic imine (C=N–C) groups is 1. The minimum Gasteiger partial charge on any atom is -0.356 e. The molecule has 120 valence electrons. The fourth-order valence-corrected chi connectivity index (χ4v) is 2.76. The molecular formula is C16H30N4S. The molecule has 0 aliphatic heterocycles. The van der Waals surface area contributed by atoms with Crippen LogP contribution in [-0.2, 0) is 13.0 Å². The molecule has 0 atom stereocenters. The van der Waals surface area contributed by atoms with Crippen molar-refractivity contribution in [1.82, 2.24) is 15.6 Å². The molecule has 21 heavy (non-hydrogen) atoms. The number of aryl methyl sites for hydroxylation is 1. The summed E-state index contributed by atoms with van der Waals surface area (Å²) in [6.07, 6.45) is 6.71. The Morgan fingerprint density at radius 1 is 1.29 bits per heavy atom. The Kier molecular flexibility index (Phi) is 7.72. The average molecular weight is 311 g/mol. The van der Waals surface area contributed by atoms with E-state index < -0.39 is 0 Å². The SMILES string of the molecule is CCc1cnc(CNC(=NC)NCCCCC(C)(C)C)s1. The van der Waals surface area contributed by atoms with Gasteiger partial charge < -0.3 is 10.6 Å². The number of guanidine groups is 1. The fraction of sp³-hybridized carbons (Fsp3) is 0.750. The van der Waals surface area contributed by atoms with Crippen LogP contribution in [0.2, 0.25) is 0 Å². The average Bonchev–Trinajstić information content (AvgIpc) is 2.88. The Labute approximate surface area is 133 Å². The Morgan fingerprint density at radius 3 is 2.62 bits per heavy atom. The van der Waals surface area contributed by atoms with Gasteiger partial charge in [-0.2, -0.15) is 0 Å². The normalized spacial score (nSPS) is 12.5. The van der Waals surface area contributed by atoms with Crippen LogP contribution in [0.25, 0.3) is 0 Å². The molecule has 0 unspecified atom stereocenters. The standard InChI is InChI=1S/C16H30N4S/c1-6-13-11-19-14(21-13)12-20-15(17-5)18-10-8-7-9-16(2,3)4/h11H,6-10,12H2,1-5H3,(H2,17,18,20). The van der Waals surface area contributed by atoms with Crippen LogP contribution in [0.4, 0.5) is 0 Å². The zero-order valence-electron chi connectivity index (χ0n) is 14.1. The van der Waals surface area contributed by atoms with E-state index in [4.69, 9.17) is 0 Å². The number of hydrogen-bond acceptors (Lipinski definition) is 3. The molecule has 0 amide bonds. The highest BCUT2D eigenvalue weighted by Gasteiger charge is 2.09. The summed E-state index contributed by atoms with van der Waals surface area (Å²) in [5.74, 6) is 0.860. The largest absolute Gasteiger partial charge is 0.356 e. The highest BCUT2D eigenvalue weighted by molar-refractivity contribution is 7.11. The van der Waals surface area contributed by atoms with Gasteiger partial charge in [-0.15, -0.1) is 11.3 Å². The second-order valence-corrected chi connectivity index (χ2v) is 7.64. The van der Waals surface area contributed by atoms with Crippen molar-refractivity contribution in [2.45, 2.75) is 59.9 Å². The molecule has 0 radical (unpaired) electrons. The summed E-state index contributed by atoms with van der Waals surface area (Å²) < 4.78 is 0. The highest BCUT2D eigenvalue weighted by atomic mass is 32.1. The maximum Gasteiger partial charge on any atom is 0.191 e. The third kappa shape index (κ3) is 8.05. The maximum absolute atomic E-state index is 4.40. The zero-order chi connectivity index (χ0) is 15.7. The number of unbranched alkanes of at least 4 members (excludes halogenated alkanes) is 1. The molecule has 1 heterocycles. The van der Waals surface area contributed by atoms with Crippen LogP contribution in [0, 0.1) is 5.41 Å². The van der Waals surface area contributed by atoms with Gasteiger partial charge in [0.15, 0.2) is 5.96 Å². The van der Waals surface area contributed by atoms with Crippen molar-refractivity contribution in [2.24, 2.45) is 10.4 Å². The molecule has 0 saturated carbocycles. The molecule has 2 N–H and O–H groups in total. The van der Waals surface area contributed by atoms with E-state index in [9.17, 15) is 0 Å².